The van der Waals surface area contributed by atoms with E-state index in [1.807, 2.05) is 36.4 Å². The van der Waals surface area contributed by atoms with Gasteiger partial charge in [0.25, 0.3) is 0 Å². The van der Waals surface area contributed by atoms with Crippen molar-refractivity contribution in [3.63, 3.8) is 0 Å². The molecule has 0 aliphatic carbocycles. The van der Waals surface area contributed by atoms with E-state index in [1.54, 1.807) is 24.3 Å². The summed E-state index contributed by atoms with van der Waals surface area (Å²) in [6, 6.07) is 18.3. The van der Waals surface area contributed by atoms with Crippen molar-refractivity contribution in [1.29, 1.82) is 0 Å². The first-order valence-corrected chi connectivity index (χ1v) is 8.78. The quantitative estimate of drug-likeness (QED) is 0.889. The number of nitrogens with one attached hydrogen (secondary N) is 1. The van der Waals surface area contributed by atoms with Crippen LogP contribution in [0.5, 0.6) is 0 Å². The normalized spacial score (nSPS) is 12.6. The van der Waals surface area contributed by atoms with Crippen molar-refractivity contribution in [2.45, 2.75) is 24.5 Å². The molecule has 4 nitrogen and oxygen atoms in total. The van der Waals surface area contributed by atoms with Crippen LogP contribution in [0.4, 0.5) is 0 Å². The maximum atomic E-state index is 12.3. The van der Waals surface area contributed by atoms with Crippen LogP contribution in [0.25, 0.3) is 0 Å². The minimum Gasteiger partial charge on any atom is -0.351 e. The Hall–Kier alpha value is -2.14. The molecule has 0 heterocycles. The van der Waals surface area contributed by atoms with Crippen molar-refractivity contribution in [2.75, 3.05) is 0 Å². The Morgan fingerprint density at radius 2 is 1.45 bits per heavy atom. The Morgan fingerprint density at radius 1 is 0.955 bits per heavy atom. The van der Waals surface area contributed by atoms with Gasteiger partial charge >= 0.3 is 0 Å². The second kappa shape index (κ2) is 7.22. The molecule has 0 radical (unpaired) electrons. The third kappa shape index (κ3) is 4.43. The zero-order valence-corrected chi connectivity index (χ0v) is 13.2. The Kier molecular flexibility index (Phi) is 5.33. The van der Waals surface area contributed by atoms with E-state index in [1.165, 1.54) is 6.92 Å². The van der Waals surface area contributed by atoms with Gasteiger partial charge in [-0.05, 0) is 18.1 Å². The van der Waals surface area contributed by atoms with Crippen LogP contribution in [0.2, 0.25) is 0 Å². The van der Waals surface area contributed by atoms with Gasteiger partial charge in [0.15, 0.2) is 9.84 Å². The number of rotatable bonds is 6. The zero-order chi connectivity index (χ0) is 16.0. The molecule has 0 saturated heterocycles. The van der Waals surface area contributed by atoms with Crippen molar-refractivity contribution in [3.8, 4) is 0 Å². The number of benzene rings is 2. The lowest BCUT2D eigenvalue weighted by atomic mass is 10.2. The van der Waals surface area contributed by atoms with Crippen LogP contribution in [-0.4, -0.2) is 19.6 Å². The van der Waals surface area contributed by atoms with Crippen molar-refractivity contribution in [3.05, 3.63) is 71.8 Å². The van der Waals surface area contributed by atoms with E-state index in [9.17, 15) is 13.2 Å². The Labute approximate surface area is 131 Å². The monoisotopic (exact) mass is 317 g/mol. The number of carbonyl (C=O) groups is 1. The Morgan fingerprint density at radius 3 is 2.00 bits per heavy atom. The smallest absolute Gasteiger partial charge is 0.238 e. The van der Waals surface area contributed by atoms with E-state index < -0.39 is 21.0 Å². The number of carbonyl (C=O) groups excluding carboxylic acids is 1. The number of hydrogen-bond acceptors (Lipinski definition) is 3. The predicted molar refractivity (Wildman–Crippen MR) is 86.8 cm³/mol. The second-order valence-corrected chi connectivity index (χ2v) is 7.46. The summed E-state index contributed by atoms with van der Waals surface area (Å²) in [5, 5.41) is 1.60. The van der Waals surface area contributed by atoms with Crippen LogP contribution in [-0.2, 0) is 26.9 Å². The number of hydrogen-bond donors (Lipinski definition) is 1. The van der Waals surface area contributed by atoms with Crippen molar-refractivity contribution in [2.24, 2.45) is 0 Å². The summed E-state index contributed by atoms with van der Waals surface area (Å²) in [6.45, 7) is 1.75. The molecule has 2 aromatic carbocycles. The number of amides is 1. The predicted octanol–water partition coefficient (Wildman–Crippen LogP) is 2.31. The third-order valence-corrected chi connectivity index (χ3v) is 5.46. The van der Waals surface area contributed by atoms with Crippen molar-refractivity contribution in [1.82, 2.24) is 5.32 Å². The first-order chi connectivity index (χ1) is 10.5. The van der Waals surface area contributed by atoms with Crippen molar-refractivity contribution >= 4 is 15.7 Å². The van der Waals surface area contributed by atoms with Crippen LogP contribution in [0.15, 0.2) is 60.7 Å². The van der Waals surface area contributed by atoms with E-state index in [0.29, 0.717) is 12.1 Å². The molecule has 22 heavy (non-hydrogen) atoms. The standard InChI is InChI=1S/C17H19NO3S/c1-14(17(19)18-12-15-8-4-2-5-9-15)22(20,21)13-16-10-6-3-7-11-16/h2-11,14H,12-13H2,1H3,(H,18,19)/t14-/m0/s1. The maximum absolute atomic E-state index is 12.3. The van der Waals surface area contributed by atoms with Crippen LogP contribution in [0, 0.1) is 0 Å². The summed E-state index contributed by atoms with van der Waals surface area (Å²) in [6.07, 6.45) is 0. The van der Waals surface area contributed by atoms with Gasteiger partial charge in [0.2, 0.25) is 5.91 Å². The van der Waals surface area contributed by atoms with E-state index >= 15 is 0 Å². The maximum Gasteiger partial charge on any atom is 0.238 e. The molecule has 1 atom stereocenters. The largest absolute Gasteiger partial charge is 0.351 e. The highest BCUT2D eigenvalue weighted by Gasteiger charge is 2.27. The van der Waals surface area contributed by atoms with Gasteiger partial charge in [-0.15, -0.1) is 0 Å². The van der Waals surface area contributed by atoms with Gasteiger partial charge in [0.05, 0.1) is 5.75 Å². The molecule has 0 aromatic heterocycles. The zero-order valence-electron chi connectivity index (χ0n) is 12.4. The first kappa shape index (κ1) is 16.2. The molecule has 0 saturated carbocycles. The minimum absolute atomic E-state index is 0.131. The summed E-state index contributed by atoms with van der Waals surface area (Å²) in [4.78, 5) is 12.1. The fourth-order valence-electron chi connectivity index (χ4n) is 2.02. The fraction of sp³-hybridized carbons (Fsp3) is 0.235. The molecular weight excluding hydrogens is 298 g/mol. The highest BCUT2D eigenvalue weighted by atomic mass is 32.2. The van der Waals surface area contributed by atoms with Gasteiger partial charge in [0, 0.05) is 6.54 Å². The number of sulfone groups is 1. The fourth-order valence-corrected chi connectivity index (χ4v) is 3.34. The lowest BCUT2D eigenvalue weighted by molar-refractivity contribution is -0.120. The molecule has 0 aliphatic rings. The van der Waals surface area contributed by atoms with Crippen molar-refractivity contribution < 1.29 is 13.2 Å². The molecule has 2 aromatic rings. The third-order valence-electron chi connectivity index (χ3n) is 3.43. The molecule has 1 amide bonds. The van der Waals surface area contributed by atoms with Gasteiger partial charge in [-0.2, -0.15) is 0 Å². The SMILES string of the molecule is C[C@@H](C(=O)NCc1ccccc1)S(=O)(=O)Cc1ccccc1. The van der Waals surface area contributed by atoms with Crippen LogP contribution >= 0.6 is 0 Å². The molecule has 116 valence electrons. The van der Waals surface area contributed by atoms with E-state index in [0.717, 1.165) is 5.56 Å². The highest BCUT2D eigenvalue weighted by Crippen LogP contribution is 2.11. The van der Waals surface area contributed by atoms with Gasteiger partial charge in [-0.1, -0.05) is 60.7 Å². The van der Waals surface area contributed by atoms with Gasteiger partial charge in [-0.25, -0.2) is 8.42 Å². The molecule has 0 aliphatic heterocycles. The molecule has 2 rings (SSSR count). The molecule has 0 unspecified atom stereocenters. The summed E-state index contributed by atoms with van der Waals surface area (Å²) >= 11 is 0. The topological polar surface area (TPSA) is 63.2 Å². The average molecular weight is 317 g/mol. The molecule has 0 spiro atoms. The minimum atomic E-state index is -3.53. The lowest BCUT2D eigenvalue weighted by Gasteiger charge is -2.13. The van der Waals surface area contributed by atoms with Crippen LogP contribution in [0.3, 0.4) is 0 Å². The summed E-state index contributed by atoms with van der Waals surface area (Å²) in [5.74, 6) is -0.604. The van der Waals surface area contributed by atoms with E-state index in [2.05, 4.69) is 5.32 Å². The van der Waals surface area contributed by atoms with Crippen LogP contribution in [0.1, 0.15) is 18.1 Å². The molecule has 1 N–H and O–H groups in total. The molecule has 0 bridgehead atoms. The summed E-state index contributed by atoms with van der Waals surface area (Å²) in [5.41, 5.74) is 1.62. The van der Waals surface area contributed by atoms with Gasteiger partial charge < -0.3 is 5.32 Å². The molecule has 5 heteroatoms. The lowest BCUT2D eigenvalue weighted by Crippen LogP contribution is -2.38. The average Bonchev–Trinajstić information content (AvgIpc) is 2.53. The van der Waals surface area contributed by atoms with Gasteiger partial charge in [-0.3, -0.25) is 4.79 Å². The van der Waals surface area contributed by atoms with E-state index in [4.69, 9.17) is 0 Å². The summed E-state index contributed by atoms with van der Waals surface area (Å²) in [7, 11) is -3.53. The summed E-state index contributed by atoms with van der Waals surface area (Å²) < 4.78 is 24.6. The van der Waals surface area contributed by atoms with Crippen LogP contribution < -0.4 is 5.32 Å². The molecule has 0 fully saturated rings. The second-order valence-electron chi connectivity index (χ2n) is 5.14. The highest BCUT2D eigenvalue weighted by molar-refractivity contribution is 7.92. The van der Waals surface area contributed by atoms with Gasteiger partial charge in [0.1, 0.15) is 5.25 Å². The Balaban J connectivity index is 1.97. The first-order valence-electron chi connectivity index (χ1n) is 7.06. The molecular formula is C17H19NO3S. The van der Waals surface area contributed by atoms with E-state index in [-0.39, 0.29) is 5.75 Å². The Bertz CT molecular complexity index is 712.